The molecule has 2 N–H and O–H groups in total. The minimum Gasteiger partial charge on any atom is -0.870 e. The van der Waals surface area contributed by atoms with Crippen LogP contribution in [0.2, 0.25) is 0 Å². The summed E-state index contributed by atoms with van der Waals surface area (Å²) in [4.78, 5) is 0. The normalized spacial score (nSPS) is 10.4. The average molecular weight is 273 g/mol. The molecular formula is C10H12NO4PS. The Balaban J connectivity index is 0.00000144. The lowest BCUT2D eigenvalue weighted by Gasteiger charge is -1.96. The number of nitrogens with zero attached hydrogens (tertiary/aromatic N) is 1. The fraction of sp³-hybridized carbons (Fsp3) is 0.100. The maximum Gasteiger partial charge on any atom is 0.434 e. The third-order valence-electron chi connectivity index (χ3n) is 2.12. The molecule has 0 aliphatic carbocycles. The molecule has 2 aromatic rings. The van der Waals surface area contributed by atoms with E-state index in [0.717, 1.165) is 10.7 Å². The van der Waals surface area contributed by atoms with E-state index in [2.05, 4.69) is 0 Å². The maximum absolute atomic E-state index is 10.6. The first-order valence-electron chi connectivity index (χ1n) is 4.64. The molecule has 7 heteroatoms. The molecule has 5 nitrogen and oxygen atoms in total. The van der Waals surface area contributed by atoms with Crippen LogP contribution in [0, 0.1) is 6.92 Å². The van der Waals surface area contributed by atoms with Crippen molar-refractivity contribution >= 4 is 20.0 Å². The molecule has 0 saturated heterocycles. The van der Waals surface area contributed by atoms with E-state index >= 15 is 0 Å². The third-order valence-corrected chi connectivity index (χ3v) is 3.28. The molecule has 17 heavy (non-hydrogen) atoms. The highest BCUT2D eigenvalue weighted by atomic mass is 32.1. The lowest BCUT2D eigenvalue weighted by Crippen LogP contribution is -2.32. The molecule has 1 heterocycles. The number of para-hydroxylation sites is 1. The first-order valence-corrected chi connectivity index (χ1v) is 6.40. The number of aryl methyl sites for hydroxylation is 1. The van der Waals surface area contributed by atoms with E-state index in [9.17, 15) is 9.67 Å². The van der Waals surface area contributed by atoms with E-state index < -0.39 is 8.69 Å². The number of aromatic nitrogens is 1. The van der Waals surface area contributed by atoms with E-state index in [1.807, 2.05) is 37.3 Å². The van der Waals surface area contributed by atoms with Gasteiger partial charge in [0.15, 0.2) is 0 Å². The van der Waals surface area contributed by atoms with Crippen LogP contribution in [0.4, 0.5) is 0 Å². The lowest BCUT2D eigenvalue weighted by molar-refractivity contribution is -0.601. The summed E-state index contributed by atoms with van der Waals surface area (Å²) in [7, 11) is -1.39. The van der Waals surface area contributed by atoms with Gasteiger partial charge in [-0.25, -0.2) is 0 Å². The van der Waals surface area contributed by atoms with Gasteiger partial charge in [-0.1, -0.05) is 18.2 Å². The summed E-state index contributed by atoms with van der Waals surface area (Å²) in [5.74, 6) is 0.249. The second-order valence-electron chi connectivity index (χ2n) is 3.12. The molecule has 0 saturated carbocycles. The van der Waals surface area contributed by atoms with Gasteiger partial charge >= 0.3 is 5.88 Å². The van der Waals surface area contributed by atoms with Gasteiger partial charge < -0.3 is 15.1 Å². The molecule has 92 valence electrons. The van der Waals surface area contributed by atoms with Gasteiger partial charge in [0.1, 0.15) is 0 Å². The van der Waals surface area contributed by atoms with Gasteiger partial charge in [-0.2, -0.15) is 0 Å². The van der Waals surface area contributed by atoms with Crippen LogP contribution in [0.25, 0.3) is 5.69 Å². The van der Waals surface area contributed by atoms with E-state index in [-0.39, 0.29) is 16.4 Å². The summed E-state index contributed by atoms with van der Waals surface area (Å²) >= 11 is 1.20. The largest absolute Gasteiger partial charge is 0.870 e. The predicted octanol–water partition coefficient (Wildman–Crippen LogP) is 1.91. The molecule has 1 aromatic carbocycles. The van der Waals surface area contributed by atoms with Crippen molar-refractivity contribution in [2.45, 2.75) is 6.92 Å². The Labute approximate surface area is 104 Å². The number of benzene rings is 1. The van der Waals surface area contributed by atoms with Crippen LogP contribution < -0.4 is 9.09 Å². The van der Waals surface area contributed by atoms with Crippen LogP contribution in [-0.4, -0.2) is 10.6 Å². The SMILES string of the molecule is Cc1sc(O)c(O[PH2]=O)[n+]1-c1ccccc1.[OH-]. The number of hydrogen-bond acceptors (Lipinski definition) is 5. The van der Waals surface area contributed by atoms with Crippen LogP contribution in [-0.2, 0) is 4.57 Å². The lowest BCUT2D eigenvalue weighted by atomic mass is 10.3. The molecule has 0 fully saturated rings. The van der Waals surface area contributed by atoms with Crippen LogP contribution in [0.15, 0.2) is 30.3 Å². The van der Waals surface area contributed by atoms with E-state index in [1.165, 1.54) is 11.3 Å². The predicted molar refractivity (Wildman–Crippen MR) is 65.2 cm³/mol. The van der Waals surface area contributed by atoms with Crippen molar-refractivity contribution in [2.24, 2.45) is 0 Å². The Morgan fingerprint density at radius 3 is 2.59 bits per heavy atom. The molecule has 1 unspecified atom stereocenters. The Morgan fingerprint density at radius 2 is 2.00 bits per heavy atom. The minimum absolute atomic E-state index is 0. The van der Waals surface area contributed by atoms with Gasteiger partial charge in [0.25, 0.3) is 5.06 Å². The Bertz CT molecular complexity index is 515. The van der Waals surface area contributed by atoms with Crippen molar-refractivity contribution < 1.29 is 24.2 Å². The van der Waals surface area contributed by atoms with Crippen LogP contribution in [0.5, 0.6) is 10.9 Å². The van der Waals surface area contributed by atoms with Gasteiger partial charge in [0.05, 0.1) is 0 Å². The first-order chi connectivity index (χ1) is 7.74. The Morgan fingerprint density at radius 1 is 1.35 bits per heavy atom. The molecule has 0 aliphatic rings. The zero-order valence-electron chi connectivity index (χ0n) is 9.03. The summed E-state index contributed by atoms with van der Waals surface area (Å²) in [5, 5.41) is 10.6. The zero-order valence-corrected chi connectivity index (χ0v) is 11.0. The van der Waals surface area contributed by atoms with Gasteiger partial charge in [-0.15, -0.1) is 4.57 Å². The topological polar surface area (TPSA) is 80.4 Å². The number of hydrogen-bond donors (Lipinski definition) is 1. The van der Waals surface area contributed by atoms with Crippen LogP contribution in [0.3, 0.4) is 0 Å². The quantitative estimate of drug-likeness (QED) is 0.684. The van der Waals surface area contributed by atoms with Crippen molar-refractivity contribution in [3.8, 4) is 16.6 Å². The monoisotopic (exact) mass is 273 g/mol. The van der Waals surface area contributed by atoms with Crippen molar-refractivity contribution in [3.05, 3.63) is 35.3 Å². The molecule has 0 aliphatic heterocycles. The summed E-state index contributed by atoms with van der Waals surface area (Å²) in [5.41, 5.74) is 0.874. The molecule has 0 bridgehead atoms. The number of aromatic hydroxyl groups is 1. The average Bonchev–Trinajstić information content (AvgIpc) is 2.56. The fourth-order valence-electron chi connectivity index (χ4n) is 1.49. The first kappa shape index (κ1) is 13.7. The molecule has 1 aromatic heterocycles. The minimum atomic E-state index is -1.39. The van der Waals surface area contributed by atoms with Crippen LogP contribution >= 0.6 is 20.0 Å². The second kappa shape index (κ2) is 5.82. The highest BCUT2D eigenvalue weighted by Crippen LogP contribution is 2.33. The van der Waals surface area contributed by atoms with Gasteiger partial charge in [-0.05, 0) is 11.3 Å². The van der Waals surface area contributed by atoms with Crippen molar-refractivity contribution in [2.75, 3.05) is 0 Å². The van der Waals surface area contributed by atoms with E-state index in [4.69, 9.17) is 4.52 Å². The standard InChI is InChI=1S/C10H10NO3PS.H2O/c1-7-11(8-5-3-2-4-6-8)9(14-15-13)10(12)16-7;/h2-6H,15H2,1H3;1H2. The second-order valence-corrected chi connectivity index (χ2v) is 4.73. The van der Waals surface area contributed by atoms with Crippen LogP contribution in [0.1, 0.15) is 5.01 Å². The Kier molecular flexibility index (Phi) is 4.69. The molecule has 0 spiro atoms. The zero-order chi connectivity index (χ0) is 11.5. The number of rotatable bonds is 3. The van der Waals surface area contributed by atoms with Gasteiger partial charge in [0, 0.05) is 19.1 Å². The van der Waals surface area contributed by atoms with Crippen molar-refractivity contribution in [1.82, 2.24) is 0 Å². The maximum atomic E-state index is 10.6. The third kappa shape index (κ3) is 2.66. The molecule has 2 rings (SSSR count). The molecule has 0 radical (unpaired) electrons. The van der Waals surface area contributed by atoms with Gasteiger partial charge in [-0.3, -0.25) is 4.57 Å². The Hall–Kier alpha value is -1.36. The molecule has 1 atom stereocenters. The van der Waals surface area contributed by atoms with E-state index in [1.54, 1.807) is 4.57 Å². The molecule has 0 amide bonds. The highest BCUT2D eigenvalue weighted by molar-refractivity contribution is 7.18. The molecular weight excluding hydrogens is 261 g/mol. The number of thiazole rings is 1. The van der Waals surface area contributed by atoms with Crippen molar-refractivity contribution in [3.63, 3.8) is 0 Å². The van der Waals surface area contributed by atoms with Crippen molar-refractivity contribution in [1.29, 1.82) is 0 Å². The van der Waals surface area contributed by atoms with Gasteiger partial charge in [0.2, 0.25) is 19.4 Å². The smallest absolute Gasteiger partial charge is 0.434 e. The van der Waals surface area contributed by atoms with E-state index in [0.29, 0.717) is 0 Å². The summed E-state index contributed by atoms with van der Waals surface area (Å²) in [6.07, 6.45) is 0. The highest BCUT2D eigenvalue weighted by Gasteiger charge is 2.27. The summed E-state index contributed by atoms with van der Waals surface area (Å²) in [6.45, 7) is 1.87. The summed E-state index contributed by atoms with van der Waals surface area (Å²) < 4.78 is 17.3. The summed E-state index contributed by atoms with van der Waals surface area (Å²) in [6, 6.07) is 9.48. The fourth-order valence-corrected chi connectivity index (χ4v) is 2.67.